The van der Waals surface area contributed by atoms with Crippen molar-refractivity contribution in [1.29, 1.82) is 0 Å². The monoisotopic (exact) mass is 230 g/mol. The molecule has 1 fully saturated rings. The molecule has 0 radical (unpaired) electrons. The highest BCUT2D eigenvalue weighted by molar-refractivity contribution is 5.45. The number of nitrogens with one attached hydrogen (secondary N) is 1. The van der Waals surface area contributed by atoms with Crippen LogP contribution in [0.25, 0.3) is 0 Å². The fourth-order valence-corrected chi connectivity index (χ4v) is 1.76. The van der Waals surface area contributed by atoms with Gasteiger partial charge in [-0.25, -0.2) is 9.67 Å². The van der Waals surface area contributed by atoms with Crippen LogP contribution in [0, 0.1) is 0 Å². The number of rotatable bonds is 4. The molecule has 5 heteroatoms. The predicted octanol–water partition coefficient (Wildman–Crippen LogP) is 1.14. The summed E-state index contributed by atoms with van der Waals surface area (Å²) < 4.78 is 6.93. The van der Waals surface area contributed by atoms with Gasteiger partial charge in [-0.2, -0.15) is 5.10 Å². The highest BCUT2D eigenvalue weighted by Crippen LogP contribution is 2.14. The number of ether oxygens (including phenoxy) is 1. The number of anilines is 1. The van der Waals surface area contributed by atoms with E-state index in [-0.39, 0.29) is 0 Å². The number of hydrogen-bond acceptors (Lipinski definition) is 4. The lowest BCUT2D eigenvalue weighted by Crippen LogP contribution is -2.40. The van der Waals surface area contributed by atoms with Gasteiger partial charge >= 0.3 is 0 Å². The highest BCUT2D eigenvalue weighted by atomic mass is 16.5. The molecule has 1 N–H and O–H groups in total. The molecule has 1 aliphatic rings. The van der Waals surface area contributed by atoms with Crippen molar-refractivity contribution in [2.45, 2.75) is 12.6 Å². The minimum Gasteiger partial charge on any atom is -0.378 e. The molecule has 88 valence electrons. The first kappa shape index (κ1) is 10.3. The van der Waals surface area contributed by atoms with Crippen molar-refractivity contribution >= 4 is 5.69 Å². The maximum atomic E-state index is 5.12. The van der Waals surface area contributed by atoms with Crippen molar-refractivity contribution in [3.8, 4) is 0 Å². The van der Waals surface area contributed by atoms with Crippen LogP contribution in [0.4, 0.5) is 5.69 Å². The lowest BCUT2D eigenvalue weighted by atomic mass is 10.2. The summed E-state index contributed by atoms with van der Waals surface area (Å²) in [5, 5.41) is 7.48. The first-order valence-corrected chi connectivity index (χ1v) is 5.66. The van der Waals surface area contributed by atoms with Gasteiger partial charge in [-0.15, -0.1) is 0 Å². The Morgan fingerprint density at radius 3 is 2.71 bits per heavy atom. The maximum absolute atomic E-state index is 5.12. The Labute approximate surface area is 99.4 Å². The van der Waals surface area contributed by atoms with Crippen LogP contribution >= 0.6 is 0 Å². The molecule has 0 bridgehead atoms. The summed E-state index contributed by atoms with van der Waals surface area (Å²) in [6.45, 7) is 2.37. The van der Waals surface area contributed by atoms with Crippen molar-refractivity contribution in [2.24, 2.45) is 0 Å². The second-order valence-corrected chi connectivity index (χ2v) is 4.17. The van der Waals surface area contributed by atoms with E-state index in [1.807, 2.05) is 4.68 Å². The van der Waals surface area contributed by atoms with E-state index < -0.39 is 0 Å². The molecule has 0 aliphatic carbocycles. The summed E-state index contributed by atoms with van der Waals surface area (Å²) in [5.41, 5.74) is 2.35. The molecule has 0 spiro atoms. The van der Waals surface area contributed by atoms with E-state index in [1.165, 1.54) is 5.56 Å². The van der Waals surface area contributed by atoms with Gasteiger partial charge in [-0.3, -0.25) is 0 Å². The zero-order chi connectivity index (χ0) is 11.5. The summed E-state index contributed by atoms with van der Waals surface area (Å²) in [6, 6.07) is 8.85. The van der Waals surface area contributed by atoms with Crippen LogP contribution in [0.1, 0.15) is 5.56 Å². The molecule has 5 nitrogen and oxygen atoms in total. The standard InChI is InChI=1S/C12H14N4O/c1-3-11(15-12-6-17-7-12)4-2-10(1)5-16-9-13-8-14-16/h1-4,8-9,12,15H,5-7H2. The van der Waals surface area contributed by atoms with Gasteiger partial charge in [0.15, 0.2) is 0 Å². The molecule has 0 atom stereocenters. The Morgan fingerprint density at radius 2 is 2.12 bits per heavy atom. The zero-order valence-corrected chi connectivity index (χ0v) is 9.41. The van der Waals surface area contributed by atoms with Gasteiger partial charge in [-0.05, 0) is 17.7 Å². The highest BCUT2D eigenvalue weighted by Gasteiger charge is 2.17. The van der Waals surface area contributed by atoms with Crippen molar-refractivity contribution in [2.75, 3.05) is 18.5 Å². The van der Waals surface area contributed by atoms with Gasteiger partial charge in [0.25, 0.3) is 0 Å². The summed E-state index contributed by atoms with van der Waals surface area (Å²) in [6.07, 6.45) is 3.27. The Morgan fingerprint density at radius 1 is 1.29 bits per heavy atom. The van der Waals surface area contributed by atoms with Crippen molar-refractivity contribution in [3.63, 3.8) is 0 Å². The number of benzene rings is 1. The van der Waals surface area contributed by atoms with E-state index in [9.17, 15) is 0 Å². The molecule has 2 heterocycles. The summed E-state index contributed by atoms with van der Waals surface area (Å²) >= 11 is 0. The lowest BCUT2D eigenvalue weighted by Gasteiger charge is -2.27. The second kappa shape index (κ2) is 4.55. The minimum absolute atomic E-state index is 0.469. The first-order chi connectivity index (χ1) is 8.40. The van der Waals surface area contributed by atoms with Gasteiger partial charge in [0.1, 0.15) is 12.7 Å². The van der Waals surface area contributed by atoms with Gasteiger partial charge in [0.2, 0.25) is 0 Å². The first-order valence-electron chi connectivity index (χ1n) is 5.66. The average molecular weight is 230 g/mol. The van der Waals surface area contributed by atoms with Crippen LogP contribution in [0.5, 0.6) is 0 Å². The Balaban J connectivity index is 1.63. The summed E-state index contributed by atoms with van der Waals surface area (Å²) in [7, 11) is 0. The van der Waals surface area contributed by atoms with E-state index in [0.29, 0.717) is 6.04 Å². The number of nitrogens with zero attached hydrogens (tertiary/aromatic N) is 3. The quantitative estimate of drug-likeness (QED) is 0.855. The normalized spacial score (nSPS) is 15.5. The SMILES string of the molecule is c1ncn(Cc2ccc(NC3COC3)cc2)n1. The van der Waals surface area contributed by atoms with Crippen molar-refractivity contribution < 1.29 is 4.74 Å². The fourth-order valence-electron chi connectivity index (χ4n) is 1.76. The Kier molecular flexibility index (Phi) is 2.75. The lowest BCUT2D eigenvalue weighted by molar-refractivity contribution is 0.0211. The third kappa shape index (κ3) is 2.45. The molecule has 1 aliphatic heterocycles. The van der Waals surface area contributed by atoms with Gasteiger partial charge in [0.05, 0.1) is 25.8 Å². The molecular formula is C12H14N4O. The topological polar surface area (TPSA) is 52.0 Å². The predicted molar refractivity (Wildman–Crippen MR) is 63.8 cm³/mol. The van der Waals surface area contributed by atoms with Crippen LogP contribution in [0.15, 0.2) is 36.9 Å². The third-order valence-electron chi connectivity index (χ3n) is 2.77. The molecule has 0 amide bonds. The van der Waals surface area contributed by atoms with Gasteiger partial charge in [0, 0.05) is 5.69 Å². The van der Waals surface area contributed by atoms with Crippen LogP contribution in [-0.4, -0.2) is 34.0 Å². The number of hydrogen-bond donors (Lipinski definition) is 1. The van der Waals surface area contributed by atoms with Gasteiger partial charge < -0.3 is 10.1 Å². The van der Waals surface area contributed by atoms with E-state index in [0.717, 1.165) is 25.4 Å². The largest absolute Gasteiger partial charge is 0.378 e. The molecule has 1 aromatic heterocycles. The molecular weight excluding hydrogens is 216 g/mol. The van der Waals surface area contributed by atoms with Crippen molar-refractivity contribution in [3.05, 3.63) is 42.5 Å². The molecule has 1 aromatic carbocycles. The van der Waals surface area contributed by atoms with E-state index in [2.05, 4.69) is 39.7 Å². The second-order valence-electron chi connectivity index (χ2n) is 4.17. The Hall–Kier alpha value is -1.88. The molecule has 3 rings (SSSR count). The Bertz CT molecular complexity index is 462. The molecule has 0 saturated carbocycles. The maximum Gasteiger partial charge on any atom is 0.137 e. The smallest absolute Gasteiger partial charge is 0.137 e. The third-order valence-corrected chi connectivity index (χ3v) is 2.77. The van der Waals surface area contributed by atoms with Crippen LogP contribution in [-0.2, 0) is 11.3 Å². The van der Waals surface area contributed by atoms with Crippen LogP contribution in [0.2, 0.25) is 0 Å². The summed E-state index contributed by atoms with van der Waals surface area (Å²) in [4.78, 5) is 3.92. The van der Waals surface area contributed by atoms with Crippen molar-refractivity contribution in [1.82, 2.24) is 14.8 Å². The molecule has 17 heavy (non-hydrogen) atoms. The fraction of sp³-hybridized carbons (Fsp3) is 0.333. The van der Waals surface area contributed by atoms with Crippen LogP contribution in [0.3, 0.4) is 0 Å². The molecule has 0 unspecified atom stereocenters. The van der Waals surface area contributed by atoms with Gasteiger partial charge in [-0.1, -0.05) is 12.1 Å². The number of aromatic nitrogens is 3. The minimum atomic E-state index is 0.469. The van der Waals surface area contributed by atoms with E-state index >= 15 is 0 Å². The summed E-state index contributed by atoms with van der Waals surface area (Å²) in [5.74, 6) is 0. The van der Waals surface area contributed by atoms with Crippen LogP contribution < -0.4 is 5.32 Å². The zero-order valence-electron chi connectivity index (χ0n) is 9.41. The van der Waals surface area contributed by atoms with E-state index in [1.54, 1.807) is 12.7 Å². The average Bonchev–Trinajstić information content (AvgIpc) is 2.78. The molecule has 2 aromatic rings. The molecule has 1 saturated heterocycles. The van der Waals surface area contributed by atoms with E-state index in [4.69, 9.17) is 4.74 Å².